The molecule has 2 aliphatic rings. The van der Waals surface area contributed by atoms with Crippen molar-refractivity contribution < 1.29 is 28.7 Å². The smallest absolute Gasteiger partial charge is 0.310 e. The van der Waals surface area contributed by atoms with E-state index in [1.165, 1.54) is 4.90 Å². The van der Waals surface area contributed by atoms with Crippen molar-refractivity contribution in [3.63, 3.8) is 0 Å². The van der Waals surface area contributed by atoms with Crippen LogP contribution in [0.25, 0.3) is 0 Å². The van der Waals surface area contributed by atoms with E-state index < -0.39 is 5.92 Å². The Morgan fingerprint density at radius 3 is 2.69 bits per heavy atom. The van der Waals surface area contributed by atoms with Gasteiger partial charge in [0.1, 0.15) is 5.75 Å². The van der Waals surface area contributed by atoms with Crippen molar-refractivity contribution in [1.82, 2.24) is 9.80 Å². The van der Waals surface area contributed by atoms with Crippen molar-refractivity contribution in [3.05, 3.63) is 24.3 Å². The van der Waals surface area contributed by atoms with Crippen LogP contribution in [0.15, 0.2) is 24.3 Å². The number of hydrogen-bond acceptors (Lipinski definition) is 6. The van der Waals surface area contributed by atoms with Gasteiger partial charge in [-0.1, -0.05) is 6.07 Å². The molecule has 3 amide bonds. The maximum atomic E-state index is 12.9. The van der Waals surface area contributed by atoms with Crippen molar-refractivity contribution in [1.29, 1.82) is 0 Å². The third-order valence-corrected chi connectivity index (χ3v) is 5.98. The summed E-state index contributed by atoms with van der Waals surface area (Å²) in [6.07, 6.45) is 1.52. The highest BCUT2D eigenvalue weighted by Gasteiger charge is 2.37. The summed E-state index contributed by atoms with van der Waals surface area (Å²) >= 11 is 0. The first-order valence-corrected chi connectivity index (χ1v) is 11.0. The van der Waals surface area contributed by atoms with Crippen LogP contribution in [0.1, 0.15) is 26.2 Å². The molecule has 0 N–H and O–H groups in total. The highest BCUT2D eigenvalue weighted by atomic mass is 16.5. The number of ether oxygens (including phenoxy) is 2. The average Bonchev–Trinajstić information content (AvgIpc) is 3.20. The fourth-order valence-corrected chi connectivity index (χ4v) is 4.25. The number of hydrogen-bond donors (Lipinski definition) is 0. The minimum Gasteiger partial charge on any atom is -0.497 e. The van der Waals surface area contributed by atoms with Gasteiger partial charge in [0.15, 0.2) is 0 Å². The normalized spacial score (nSPS) is 20.8. The van der Waals surface area contributed by atoms with Crippen LogP contribution >= 0.6 is 0 Å². The molecule has 9 nitrogen and oxygen atoms in total. The number of anilines is 1. The van der Waals surface area contributed by atoms with Gasteiger partial charge in [-0.05, 0) is 31.9 Å². The zero-order valence-electron chi connectivity index (χ0n) is 18.9. The predicted molar refractivity (Wildman–Crippen MR) is 117 cm³/mol. The van der Waals surface area contributed by atoms with Crippen molar-refractivity contribution in [2.24, 2.45) is 11.8 Å². The number of benzene rings is 1. The molecule has 0 saturated carbocycles. The molecular weight excluding hydrogens is 414 g/mol. The average molecular weight is 446 g/mol. The van der Waals surface area contributed by atoms with Crippen LogP contribution in [0.4, 0.5) is 5.69 Å². The molecule has 2 atom stereocenters. The standard InChI is InChI=1S/C23H31N3O6/c1-4-32-23(30)16-7-6-10-25(13-16)21(28)15-24(2)22(29)17-11-20(27)26(14-17)18-8-5-9-19(12-18)31-3/h5,8-9,12,16-17H,4,6-7,10-11,13-15H2,1-3H3. The minimum atomic E-state index is -0.514. The number of rotatable bonds is 7. The first-order valence-electron chi connectivity index (χ1n) is 11.0. The number of likely N-dealkylation sites (N-methyl/N-ethyl adjacent to an activating group) is 1. The maximum absolute atomic E-state index is 12.9. The Labute approximate surface area is 188 Å². The van der Waals surface area contributed by atoms with Gasteiger partial charge in [-0.15, -0.1) is 0 Å². The summed E-state index contributed by atoms with van der Waals surface area (Å²) in [5.41, 5.74) is 0.682. The Kier molecular flexibility index (Phi) is 7.71. The molecule has 2 unspecified atom stereocenters. The molecule has 0 aliphatic carbocycles. The van der Waals surface area contributed by atoms with Crippen LogP contribution in [0, 0.1) is 11.8 Å². The fraction of sp³-hybridized carbons (Fsp3) is 0.565. The minimum absolute atomic E-state index is 0.0851. The molecule has 3 rings (SSSR count). The Bertz CT molecular complexity index is 873. The Morgan fingerprint density at radius 1 is 1.19 bits per heavy atom. The second-order valence-corrected chi connectivity index (χ2v) is 8.23. The first kappa shape index (κ1) is 23.6. The molecule has 1 aromatic rings. The van der Waals surface area contributed by atoms with Gasteiger partial charge in [0.2, 0.25) is 17.7 Å². The Balaban J connectivity index is 1.56. The summed E-state index contributed by atoms with van der Waals surface area (Å²) < 4.78 is 10.3. The molecule has 174 valence electrons. The van der Waals surface area contributed by atoms with Gasteiger partial charge >= 0.3 is 5.97 Å². The largest absolute Gasteiger partial charge is 0.497 e. The van der Waals surface area contributed by atoms with Crippen LogP contribution in [0.3, 0.4) is 0 Å². The molecule has 2 fully saturated rings. The molecular formula is C23H31N3O6. The quantitative estimate of drug-likeness (QED) is 0.587. The van der Waals surface area contributed by atoms with Gasteiger partial charge in [0.05, 0.1) is 32.1 Å². The zero-order valence-corrected chi connectivity index (χ0v) is 18.9. The number of amides is 3. The second-order valence-electron chi connectivity index (χ2n) is 8.23. The number of nitrogens with zero attached hydrogens (tertiary/aromatic N) is 3. The molecule has 2 saturated heterocycles. The van der Waals surface area contributed by atoms with Crippen LogP contribution < -0.4 is 9.64 Å². The topological polar surface area (TPSA) is 96.5 Å². The summed E-state index contributed by atoms with van der Waals surface area (Å²) in [4.78, 5) is 54.8. The molecule has 32 heavy (non-hydrogen) atoms. The SMILES string of the molecule is CCOC(=O)C1CCCN(C(=O)CN(C)C(=O)C2CC(=O)N(c3cccc(OC)c3)C2)C1. The monoisotopic (exact) mass is 445 g/mol. The van der Waals surface area contributed by atoms with Gasteiger partial charge in [-0.25, -0.2) is 0 Å². The number of carbonyl (C=O) groups is 4. The molecule has 0 aromatic heterocycles. The first-order chi connectivity index (χ1) is 15.3. The van der Waals surface area contributed by atoms with E-state index in [0.29, 0.717) is 37.6 Å². The van der Waals surface area contributed by atoms with E-state index in [4.69, 9.17) is 9.47 Å². The lowest BCUT2D eigenvalue weighted by Crippen LogP contribution is -2.48. The van der Waals surface area contributed by atoms with Crippen molar-refractivity contribution in [3.8, 4) is 5.75 Å². The lowest BCUT2D eigenvalue weighted by molar-refractivity contribution is -0.152. The van der Waals surface area contributed by atoms with Crippen LogP contribution in [-0.4, -0.2) is 80.4 Å². The van der Waals surface area contributed by atoms with Gasteiger partial charge in [0.25, 0.3) is 0 Å². The van der Waals surface area contributed by atoms with E-state index in [-0.39, 0.29) is 49.1 Å². The Morgan fingerprint density at radius 2 is 1.97 bits per heavy atom. The summed E-state index contributed by atoms with van der Waals surface area (Å²) in [5.74, 6) is -1.06. The van der Waals surface area contributed by atoms with E-state index in [0.717, 1.165) is 6.42 Å². The van der Waals surface area contributed by atoms with E-state index >= 15 is 0 Å². The third kappa shape index (κ3) is 5.38. The van der Waals surface area contributed by atoms with Crippen molar-refractivity contribution in [2.75, 3.05) is 51.8 Å². The molecule has 0 radical (unpaired) electrons. The predicted octanol–water partition coefficient (Wildman–Crippen LogP) is 1.31. The highest BCUT2D eigenvalue weighted by molar-refractivity contribution is 6.00. The Hall–Kier alpha value is -3.10. The molecule has 2 aliphatic heterocycles. The van der Waals surface area contributed by atoms with Crippen LogP contribution in [-0.2, 0) is 23.9 Å². The van der Waals surface area contributed by atoms with Crippen LogP contribution in [0.2, 0.25) is 0 Å². The van der Waals surface area contributed by atoms with E-state index in [2.05, 4.69) is 0 Å². The van der Waals surface area contributed by atoms with Crippen molar-refractivity contribution >= 4 is 29.4 Å². The van der Waals surface area contributed by atoms with E-state index in [9.17, 15) is 19.2 Å². The van der Waals surface area contributed by atoms with Gasteiger partial charge in [0, 0.05) is 44.9 Å². The second kappa shape index (κ2) is 10.5. The van der Waals surface area contributed by atoms with Crippen molar-refractivity contribution in [2.45, 2.75) is 26.2 Å². The highest BCUT2D eigenvalue weighted by Crippen LogP contribution is 2.28. The van der Waals surface area contributed by atoms with Gasteiger partial charge < -0.3 is 24.2 Å². The number of methoxy groups -OCH3 is 1. The molecule has 0 bridgehead atoms. The summed E-state index contributed by atoms with van der Waals surface area (Å²) in [5, 5.41) is 0. The maximum Gasteiger partial charge on any atom is 0.310 e. The molecule has 9 heteroatoms. The van der Waals surface area contributed by atoms with E-state index in [1.807, 2.05) is 0 Å². The summed E-state index contributed by atoms with van der Waals surface area (Å²) in [7, 11) is 3.13. The summed E-state index contributed by atoms with van der Waals surface area (Å²) in [6.45, 7) is 3.12. The lowest BCUT2D eigenvalue weighted by Gasteiger charge is -2.33. The summed E-state index contributed by atoms with van der Waals surface area (Å²) in [6, 6.07) is 7.15. The lowest BCUT2D eigenvalue weighted by atomic mass is 9.98. The van der Waals surface area contributed by atoms with Gasteiger partial charge in [-0.3, -0.25) is 19.2 Å². The van der Waals surface area contributed by atoms with E-state index in [1.54, 1.807) is 55.1 Å². The number of carbonyl (C=O) groups excluding carboxylic acids is 4. The molecule has 2 heterocycles. The zero-order chi connectivity index (χ0) is 23.3. The van der Waals surface area contributed by atoms with Gasteiger partial charge in [-0.2, -0.15) is 0 Å². The fourth-order valence-electron chi connectivity index (χ4n) is 4.25. The number of piperidine rings is 1. The number of likely N-dealkylation sites (tertiary alicyclic amines) is 1. The third-order valence-electron chi connectivity index (χ3n) is 5.98. The molecule has 1 aromatic carbocycles. The van der Waals surface area contributed by atoms with Crippen LogP contribution in [0.5, 0.6) is 5.75 Å². The molecule has 0 spiro atoms. The number of esters is 1.